The first-order valence-corrected chi connectivity index (χ1v) is 7.70. The third kappa shape index (κ3) is 3.53. The van der Waals surface area contributed by atoms with Gasteiger partial charge in [0.25, 0.3) is 0 Å². The lowest BCUT2D eigenvalue weighted by Gasteiger charge is -2.00. The third-order valence-corrected chi connectivity index (χ3v) is 3.91. The smallest absolute Gasteiger partial charge is 0.130 e. The SMILES string of the molecule is Clc1ccc(C=Cc2nc(-c3ccc(Cl)cc3Cl)c[nH]2)cc1. The molecule has 0 amide bonds. The van der Waals surface area contributed by atoms with Crippen LogP contribution in [0.1, 0.15) is 11.4 Å². The van der Waals surface area contributed by atoms with Gasteiger partial charge in [0, 0.05) is 21.8 Å². The van der Waals surface area contributed by atoms with Crippen molar-refractivity contribution in [1.29, 1.82) is 0 Å². The van der Waals surface area contributed by atoms with Gasteiger partial charge in [0.15, 0.2) is 0 Å². The Labute approximate surface area is 143 Å². The average Bonchev–Trinajstić information content (AvgIpc) is 2.95. The van der Waals surface area contributed by atoms with E-state index in [0.717, 1.165) is 27.7 Å². The molecule has 0 aliphatic rings. The van der Waals surface area contributed by atoms with Crippen LogP contribution in [0.2, 0.25) is 15.1 Å². The second kappa shape index (κ2) is 6.57. The number of hydrogen-bond donors (Lipinski definition) is 1. The molecule has 1 N–H and O–H groups in total. The van der Waals surface area contributed by atoms with Crippen LogP contribution in [-0.4, -0.2) is 9.97 Å². The van der Waals surface area contributed by atoms with Crippen LogP contribution in [0.3, 0.4) is 0 Å². The molecule has 0 fully saturated rings. The molecule has 0 bridgehead atoms. The van der Waals surface area contributed by atoms with E-state index in [9.17, 15) is 0 Å². The van der Waals surface area contributed by atoms with E-state index < -0.39 is 0 Å². The molecule has 0 saturated heterocycles. The molecule has 2 aromatic carbocycles. The third-order valence-electron chi connectivity index (χ3n) is 3.11. The van der Waals surface area contributed by atoms with E-state index in [1.807, 2.05) is 48.7 Å². The number of aromatic nitrogens is 2. The maximum atomic E-state index is 6.19. The number of nitrogens with zero attached hydrogens (tertiary/aromatic N) is 1. The molecule has 110 valence electrons. The minimum atomic E-state index is 0.576. The highest BCUT2D eigenvalue weighted by atomic mass is 35.5. The summed E-state index contributed by atoms with van der Waals surface area (Å²) in [6, 6.07) is 12.9. The molecule has 0 aliphatic heterocycles. The molecule has 3 aromatic rings. The number of hydrogen-bond acceptors (Lipinski definition) is 1. The summed E-state index contributed by atoms with van der Waals surface area (Å²) in [4.78, 5) is 7.62. The number of rotatable bonds is 3. The first kappa shape index (κ1) is 15.2. The Morgan fingerprint density at radius 3 is 2.32 bits per heavy atom. The molecule has 0 spiro atoms. The van der Waals surface area contributed by atoms with Crippen LogP contribution in [0.15, 0.2) is 48.7 Å². The predicted molar refractivity (Wildman–Crippen MR) is 94.4 cm³/mol. The lowest BCUT2D eigenvalue weighted by atomic mass is 10.2. The minimum absolute atomic E-state index is 0.576. The van der Waals surface area contributed by atoms with Crippen molar-refractivity contribution in [3.05, 3.63) is 75.1 Å². The molecule has 2 nitrogen and oxygen atoms in total. The lowest BCUT2D eigenvalue weighted by Crippen LogP contribution is -1.80. The molecule has 3 rings (SSSR count). The highest BCUT2D eigenvalue weighted by Crippen LogP contribution is 2.29. The normalized spacial score (nSPS) is 11.2. The van der Waals surface area contributed by atoms with Crippen molar-refractivity contribution in [3.63, 3.8) is 0 Å². The fourth-order valence-corrected chi connectivity index (χ4v) is 2.64. The maximum Gasteiger partial charge on any atom is 0.130 e. The van der Waals surface area contributed by atoms with Crippen LogP contribution in [0.4, 0.5) is 0 Å². The molecule has 22 heavy (non-hydrogen) atoms. The van der Waals surface area contributed by atoms with Crippen LogP contribution in [0.5, 0.6) is 0 Å². The van der Waals surface area contributed by atoms with Crippen LogP contribution < -0.4 is 0 Å². The number of imidazole rings is 1. The summed E-state index contributed by atoms with van der Waals surface area (Å²) in [5.74, 6) is 0.746. The van der Waals surface area contributed by atoms with Gasteiger partial charge in [0.2, 0.25) is 0 Å². The fraction of sp³-hybridized carbons (Fsp3) is 0. The summed E-state index contributed by atoms with van der Waals surface area (Å²) in [5, 5.41) is 1.90. The van der Waals surface area contributed by atoms with Gasteiger partial charge in [-0.3, -0.25) is 0 Å². The monoisotopic (exact) mass is 348 g/mol. The van der Waals surface area contributed by atoms with Gasteiger partial charge in [-0.1, -0.05) is 53.0 Å². The standard InChI is InChI=1S/C17H11Cl3N2/c18-12-4-1-11(2-5-12)3-8-17-21-10-16(22-17)14-7-6-13(19)9-15(14)20/h1-10H,(H,21,22). The van der Waals surface area contributed by atoms with Crippen molar-refractivity contribution in [1.82, 2.24) is 9.97 Å². The maximum absolute atomic E-state index is 6.19. The predicted octanol–water partition coefficient (Wildman–Crippen LogP) is 6.21. The number of aromatic amines is 1. The molecule has 0 saturated carbocycles. The van der Waals surface area contributed by atoms with Crippen LogP contribution in [0.25, 0.3) is 23.4 Å². The molecule has 0 unspecified atom stereocenters. The molecular formula is C17H11Cl3N2. The zero-order chi connectivity index (χ0) is 15.5. The van der Waals surface area contributed by atoms with Gasteiger partial charge in [-0.2, -0.15) is 0 Å². The summed E-state index contributed by atoms with van der Waals surface area (Å²) in [6.45, 7) is 0. The quantitative estimate of drug-likeness (QED) is 0.598. The van der Waals surface area contributed by atoms with E-state index in [4.69, 9.17) is 34.8 Å². The molecule has 0 radical (unpaired) electrons. The van der Waals surface area contributed by atoms with Gasteiger partial charge in [-0.15, -0.1) is 0 Å². The Kier molecular flexibility index (Phi) is 4.53. The van der Waals surface area contributed by atoms with Crippen molar-refractivity contribution in [2.45, 2.75) is 0 Å². The van der Waals surface area contributed by atoms with E-state index in [0.29, 0.717) is 10.0 Å². The van der Waals surface area contributed by atoms with Gasteiger partial charge < -0.3 is 4.98 Å². The van der Waals surface area contributed by atoms with Gasteiger partial charge in [0.1, 0.15) is 5.82 Å². The minimum Gasteiger partial charge on any atom is -0.344 e. The lowest BCUT2D eigenvalue weighted by molar-refractivity contribution is 1.27. The Morgan fingerprint density at radius 2 is 1.59 bits per heavy atom. The molecule has 0 aliphatic carbocycles. The van der Waals surface area contributed by atoms with Gasteiger partial charge >= 0.3 is 0 Å². The van der Waals surface area contributed by atoms with E-state index in [1.54, 1.807) is 12.1 Å². The Morgan fingerprint density at radius 1 is 0.864 bits per heavy atom. The second-order valence-electron chi connectivity index (χ2n) is 4.68. The zero-order valence-electron chi connectivity index (χ0n) is 11.4. The number of H-pyrrole nitrogens is 1. The van der Waals surface area contributed by atoms with E-state index in [-0.39, 0.29) is 0 Å². The molecule has 0 atom stereocenters. The Bertz CT molecular complexity index is 820. The summed E-state index contributed by atoms with van der Waals surface area (Å²) < 4.78 is 0. The van der Waals surface area contributed by atoms with Crippen molar-refractivity contribution in [3.8, 4) is 11.3 Å². The number of nitrogens with one attached hydrogen (secondary N) is 1. The van der Waals surface area contributed by atoms with Crippen molar-refractivity contribution in [2.24, 2.45) is 0 Å². The number of benzene rings is 2. The van der Waals surface area contributed by atoms with Crippen LogP contribution in [-0.2, 0) is 0 Å². The highest BCUT2D eigenvalue weighted by molar-refractivity contribution is 6.36. The fourth-order valence-electron chi connectivity index (χ4n) is 2.01. The Balaban J connectivity index is 1.83. The topological polar surface area (TPSA) is 28.7 Å². The summed E-state index contributed by atoms with van der Waals surface area (Å²) in [6.07, 6.45) is 5.68. The molecular weight excluding hydrogens is 339 g/mol. The van der Waals surface area contributed by atoms with Crippen LogP contribution >= 0.6 is 34.8 Å². The zero-order valence-corrected chi connectivity index (χ0v) is 13.6. The van der Waals surface area contributed by atoms with Crippen molar-refractivity contribution < 1.29 is 0 Å². The average molecular weight is 350 g/mol. The molecule has 5 heteroatoms. The highest BCUT2D eigenvalue weighted by Gasteiger charge is 2.07. The van der Waals surface area contributed by atoms with E-state index >= 15 is 0 Å². The Hall–Kier alpha value is -1.74. The second-order valence-corrected chi connectivity index (χ2v) is 5.96. The molecule has 1 heterocycles. The summed E-state index contributed by atoms with van der Waals surface area (Å²) >= 11 is 18.0. The largest absolute Gasteiger partial charge is 0.344 e. The first-order valence-electron chi connectivity index (χ1n) is 6.56. The molecule has 1 aromatic heterocycles. The van der Waals surface area contributed by atoms with Crippen molar-refractivity contribution in [2.75, 3.05) is 0 Å². The van der Waals surface area contributed by atoms with Gasteiger partial charge in [-0.05, 0) is 42.0 Å². The van der Waals surface area contributed by atoms with Crippen molar-refractivity contribution >= 4 is 47.0 Å². The first-order chi connectivity index (χ1) is 10.6. The number of halogens is 3. The van der Waals surface area contributed by atoms with Gasteiger partial charge in [-0.25, -0.2) is 4.98 Å². The summed E-state index contributed by atoms with van der Waals surface area (Å²) in [5.41, 5.74) is 2.66. The van der Waals surface area contributed by atoms with E-state index in [2.05, 4.69) is 9.97 Å². The van der Waals surface area contributed by atoms with Gasteiger partial charge in [0.05, 0.1) is 10.7 Å². The van der Waals surface area contributed by atoms with Crippen LogP contribution in [0, 0.1) is 0 Å². The van der Waals surface area contributed by atoms with E-state index in [1.165, 1.54) is 0 Å². The summed E-state index contributed by atoms with van der Waals surface area (Å²) in [7, 11) is 0.